The van der Waals surface area contributed by atoms with E-state index in [4.69, 9.17) is 9.84 Å². The second kappa shape index (κ2) is 8.76. The first-order valence-electron chi connectivity index (χ1n) is 6.96. The van der Waals surface area contributed by atoms with Gasteiger partial charge in [0.15, 0.2) is 0 Å². The largest absolute Gasteiger partial charge is 0.480 e. The van der Waals surface area contributed by atoms with E-state index in [0.29, 0.717) is 31.6 Å². The highest BCUT2D eigenvalue weighted by Crippen LogP contribution is 2.19. The number of carboxylic acids is 1. The number of urea groups is 1. The number of ether oxygens (including phenoxy) is 1. The van der Waals surface area contributed by atoms with Gasteiger partial charge in [-0.25, -0.2) is 14.4 Å². The summed E-state index contributed by atoms with van der Waals surface area (Å²) in [4.78, 5) is 36.5. The van der Waals surface area contributed by atoms with Gasteiger partial charge in [0, 0.05) is 6.54 Å². The third-order valence-corrected chi connectivity index (χ3v) is 3.92. The number of amides is 2. The summed E-state index contributed by atoms with van der Waals surface area (Å²) < 4.78 is 4.94. The summed E-state index contributed by atoms with van der Waals surface area (Å²) in [6, 6.07) is -2.06. The molecule has 0 saturated carbocycles. The van der Waals surface area contributed by atoms with Crippen molar-refractivity contribution in [3.8, 4) is 0 Å². The third-order valence-electron chi connectivity index (χ3n) is 3.28. The molecule has 2 amide bonds. The molecule has 0 spiro atoms. The molecule has 8 heteroatoms. The van der Waals surface area contributed by atoms with E-state index in [-0.39, 0.29) is 6.61 Å². The van der Waals surface area contributed by atoms with Crippen molar-refractivity contribution < 1.29 is 24.2 Å². The predicted octanol–water partition coefficient (Wildman–Crippen LogP) is 0.930. The van der Waals surface area contributed by atoms with Crippen LogP contribution in [0.25, 0.3) is 0 Å². The van der Waals surface area contributed by atoms with Gasteiger partial charge in [-0.15, -0.1) is 0 Å². The lowest BCUT2D eigenvalue weighted by atomic mass is 10.2. The van der Waals surface area contributed by atoms with Gasteiger partial charge in [-0.3, -0.25) is 0 Å². The van der Waals surface area contributed by atoms with E-state index in [9.17, 15) is 14.4 Å². The molecular formula is C13H22N2O5S. The zero-order chi connectivity index (χ0) is 15.8. The normalized spacial score (nSPS) is 19.1. The number of nitrogens with zero attached hydrogens (tertiary/aromatic N) is 1. The predicted molar refractivity (Wildman–Crippen MR) is 79.3 cm³/mol. The minimum atomic E-state index is -1.07. The SMILES string of the molecule is CCOC(=O)C1CCCN1C(=O)N[C@H](CCSC)C(=O)O. The lowest BCUT2D eigenvalue weighted by molar-refractivity contribution is -0.147. The molecule has 0 aromatic rings. The Morgan fingerprint density at radius 2 is 2.19 bits per heavy atom. The summed E-state index contributed by atoms with van der Waals surface area (Å²) in [6.45, 7) is 2.40. The summed E-state index contributed by atoms with van der Waals surface area (Å²) >= 11 is 1.52. The summed E-state index contributed by atoms with van der Waals surface area (Å²) in [7, 11) is 0. The molecule has 0 aromatic heterocycles. The van der Waals surface area contributed by atoms with Crippen molar-refractivity contribution in [2.24, 2.45) is 0 Å². The van der Waals surface area contributed by atoms with Gasteiger partial charge in [0.25, 0.3) is 0 Å². The van der Waals surface area contributed by atoms with Crippen LogP contribution in [0, 0.1) is 0 Å². The number of carboxylic acid groups (broad SMARTS) is 1. The number of carbonyl (C=O) groups excluding carboxylic acids is 2. The van der Waals surface area contributed by atoms with Gasteiger partial charge in [0.2, 0.25) is 0 Å². The average Bonchev–Trinajstić information content (AvgIpc) is 2.92. The fraction of sp³-hybridized carbons (Fsp3) is 0.769. The maximum Gasteiger partial charge on any atom is 0.328 e. The Labute approximate surface area is 128 Å². The van der Waals surface area contributed by atoms with Crippen LogP contribution in [0.4, 0.5) is 4.79 Å². The lowest BCUT2D eigenvalue weighted by Crippen LogP contribution is -2.51. The third kappa shape index (κ3) is 5.11. The summed E-state index contributed by atoms with van der Waals surface area (Å²) in [5, 5.41) is 11.6. The maximum atomic E-state index is 12.2. The molecule has 1 aliphatic heterocycles. The van der Waals surface area contributed by atoms with E-state index in [2.05, 4.69) is 5.32 Å². The van der Waals surface area contributed by atoms with Gasteiger partial charge in [-0.2, -0.15) is 11.8 Å². The van der Waals surface area contributed by atoms with Gasteiger partial charge < -0.3 is 20.1 Å². The van der Waals surface area contributed by atoms with Gasteiger partial charge in [0.1, 0.15) is 12.1 Å². The van der Waals surface area contributed by atoms with Crippen LogP contribution in [0.15, 0.2) is 0 Å². The lowest BCUT2D eigenvalue weighted by Gasteiger charge is -2.25. The molecule has 7 nitrogen and oxygen atoms in total. The van der Waals surface area contributed by atoms with Crippen LogP contribution in [0.2, 0.25) is 0 Å². The molecule has 21 heavy (non-hydrogen) atoms. The molecule has 2 N–H and O–H groups in total. The quantitative estimate of drug-likeness (QED) is 0.678. The van der Waals surface area contributed by atoms with Crippen molar-refractivity contribution >= 4 is 29.7 Å². The number of hydrogen-bond donors (Lipinski definition) is 2. The molecular weight excluding hydrogens is 296 g/mol. The van der Waals surface area contributed by atoms with Crippen LogP contribution in [0.1, 0.15) is 26.2 Å². The van der Waals surface area contributed by atoms with Crippen molar-refractivity contribution in [3.63, 3.8) is 0 Å². The summed E-state index contributed by atoms with van der Waals surface area (Å²) in [5.74, 6) is -0.858. The first-order chi connectivity index (χ1) is 10.0. The molecule has 2 atom stereocenters. The highest BCUT2D eigenvalue weighted by Gasteiger charge is 2.36. The summed E-state index contributed by atoms with van der Waals surface area (Å²) in [5.41, 5.74) is 0. The minimum Gasteiger partial charge on any atom is -0.480 e. The van der Waals surface area contributed by atoms with E-state index in [1.54, 1.807) is 6.92 Å². The van der Waals surface area contributed by atoms with E-state index in [1.807, 2.05) is 6.26 Å². The molecule has 0 bridgehead atoms. The molecule has 120 valence electrons. The fourth-order valence-corrected chi connectivity index (χ4v) is 2.69. The molecule has 1 rings (SSSR count). The Bertz CT molecular complexity index is 391. The number of nitrogens with one attached hydrogen (secondary N) is 1. The van der Waals surface area contributed by atoms with Crippen molar-refractivity contribution in [3.05, 3.63) is 0 Å². The van der Waals surface area contributed by atoms with E-state index in [1.165, 1.54) is 16.7 Å². The van der Waals surface area contributed by atoms with Gasteiger partial charge in [-0.05, 0) is 38.2 Å². The maximum absolute atomic E-state index is 12.2. The molecule has 1 heterocycles. The zero-order valence-electron chi connectivity index (χ0n) is 12.3. The van der Waals surface area contributed by atoms with Crippen LogP contribution >= 0.6 is 11.8 Å². The van der Waals surface area contributed by atoms with Crippen molar-refractivity contribution in [2.75, 3.05) is 25.2 Å². The van der Waals surface area contributed by atoms with Crippen molar-refractivity contribution in [1.82, 2.24) is 10.2 Å². The molecule has 0 aromatic carbocycles. The smallest absolute Gasteiger partial charge is 0.328 e. The molecule has 1 unspecified atom stereocenters. The zero-order valence-corrected chi connectivity index (χ0v) is 13.1. The van der Waals surface area contributed by atoms with Crippen LogP contribution in [0.3, 0.4) is 0 Å². The van der Waals surface area contributed by atoms with E-state index >= 15 is 0 Å². The van der Waals surface area contributed by atoms with Crippen LogP contribution in [-0.4, -0.2) is 65.2 Å². The van der Waals surface area contributed by atoms with Crippen LogP contribution in [0.5, 0.6) is 0 Å². The van der Waals surface area contributed by atoms with Gasteiger partial charge >= 0.3 is 18.0 Å². The van der Waals surface area contributed by atoms with Gasteiger partial charge in [0.05, 0.1) is 6.61 Å². The number of esters is 1. The van der Waals surface area contributed by atoms with Crippen molar-refractivity contribution in [1.29, 1.82) is 0 Å². The standard InChI is InChI=1S/C13H22N2O5S/c1-3-20-12(18)10-5-4-7-15(10)13(19)14-9(11(16)17)6-8-21-2/h9-10H,3-8H2,1-2H3,(H,14,19)(H,16,17)/t9-,10?/m1/s1. The Hall–Kier alpha value is -1.44. The first kappa shape index (κ1) is 17.6. The first-order valence-corrected chi connectivity index (χ1v) is 8.36. The van der Waals surface area contributed by atoms with Crippen LogP contribution in [-0.2, 0) is 14.3 Å². The Morgan fingerprint density at radius 1 is 1.48 bits per heavy atom. The van der Waals surface area contributed by atoms with Crippen LogP contribution < -0.4 is 5.32 Å². The minimum absolute atomic E-state index is 0.260. The highest BCUT2D eigenvalue weighted by atomic mass is 32.2. The average molecular weight is 318 g/mol. The molecule has 0 radical (unpaired) electrons. The van der Waals surface area contributed by atoms with E-state index in [0.717, 1.165) is 0 Å². The number of rotatable bonds is 7. The highest BCUT2D eigenvalue weighted by molar-refractivity contribution is 7.98. The van der Waals surface area contributed by atoms with E-state index < -0.39 is 30.1 Å². The molecule has 1 saturated heterocycles. The van der Waals surface area contributed by atoms with Gasteiger partial charge in [-0.1, -0.05) is 0 Å². The monoisotopic (exact) mass is 318 g/mol. The van der Waals surface area contributed by atoms with Crippen molar-refractivity contribution in [2.45, 2.75) is 38.3 Å². The fourth-order valence-electron chi connectivity index (χ4n) is 2.22. The Morgan fingerprint density at radius 3 is 2.76 bits per heavy atom. The molecule has 0 aliphatic carbocycles. The second-order valence-electron chi connectivity index (χ2n) is 4.73. The Kier molecular flexibility index (Phi) is 7.35. The number of likely N-dealkylation sites (tertiary alicyclic amines) is 1. The number of carbonyl (C=O) groups is 3. The summed E-state index contributed by atoms with van der Waals surface area (Å²) in [6.07, 6.45) is 3.48. The molecule has 1 fully saturated rings. The number of hydrogen-bond acceptors (Lipinski definition) is 5. The Balaban J connectivity index is 2.63. The number of thioether (sulfide) groups is 1. The second-order valence-corrected chi connectivity index (χ2v) is 5.71. The number of aliphatic carboxylic acids is 1. The molecule has 1 aliphatic rings. The topological polar surface area (TPSA) is 95.9 Å².